The zero-order chi connectivity index (χ0) is 24.4. The number of hydrogen-bond donors (Lipinski definition) is 5. The van der Waals surface area contributed by atoms with E-state index in [0.717, 1.165) is 25.7 Å². The van der Waals surface area contributed by atoms with E-state index in [1.165, 1.54) is 38.5 Å². The van der Waals surface area contributed by atoms with Crippen LogP contribution in [0.5, 0.6) is 0 Å². The minimum atomic E-state index is -2.69. The summed E-state index contributed by atoms with van der Waals surface area (Å²) in [6.07, 6.45) is 11.8. The summed E-state index contributed by atoms with van der Waals surface area (Å²) in [6, 6.07) is 0. The molecule has 8 nitrogen and oxygen atoms in total. The first kappa shape index (κ1) is 30.4. The number of rotatable bonds is 21. The molecule has 0 amide bonds. The van der Waals surface area contributed by atoms with E-state index in [4.69, 9.17) is 10.2 Å². The highest BCUT2D eigenvalue weighted by molar-refractivity contribution is 6.24. The highest BCUT2D eigenvalue weighted by Gasteiger charge is 2.55. The molecule has 8 heteroatoms. The first-order valence-corrected chi connectivity index (χ1v) is 11.8. The van der Waals surface area contributed by atoms with Gasteiger partial charge in [-0.15, -0.1) is 0 Å². The Morgan fingerprint density at radius 2 is 1.12 bits per heavy atom. The van der Waals surface area contributed by atoms with Crippen molar-refractivity contribution in [2.24, 2.45) is 5.41 Å². The summed E-state index contributed by atoms with van der Waals surface area (Å²) in [5.74, 6) is -4.55. The Bertz CT molecular complexity index is 550. The molecule has 2 atom stereocenters. The van der Waals surface area contributed by atoms with Gasteiger partial charge in [0.2, 0.25) is 0 Å². The number of carboxylic acids is 1. The molecule has 0 spiro atoms. The molecule has 0 saturated carbocycles. The molecule has 0 saturated heterocycles. The van der Waals surface area contributed by atoms with Crippen LogP contribution in [0.25, 0.3) is 0 Å². The van der Waals surface area contributed by atoms with Gasteiger partial charge < -0.3 is 25.5 Å². The average molecular weight is 459 g/mol. The number of ketones is 2. The molecule has 186 valence electrons. The molecule has 2 unspecified atom stereocenters. The number of aliphatic carboxylic acids is 1. The number of hydrogen-bond acceptors (Lipinski definition) is 7. The smallest absolute Gasteiger partial charge is 0.325 e. The molecule has 0 aliphatic rings. The Labute approximate surface area is 191 Å². The van der Waals surface area contributed by atoms with Gasteiger partial charge in [0.05, 0.1) is 13.2 Å². The van der Waals surface area contributed by atoms with Crippen LogP contribution in [-0.2, 0) is 14.4 Å². The van der Waals surface area contributed by atoms with Crippen LogP contribution in [-0.4, -0.2) is 68.5 Å². The lowest BCUT2D eigenvalue weighted by Gasteiger charge is -2.29. The van der Waals surface area contributed by atoms with Crippen LogP contribution in [0.2, 0.25) is 0 Å². The number of carbonyl (C=O) groups excluding carboxylic acids is 2. The molecule has 32 heavy (non-hydrogen) atoms. The second kappa shape index (κ2) is 17.9. The molecule has 0 aromatic carbocycles. The Morgan fingerprint density at radius 3 is 1.53 bits per heavy atom. The lowest BCUT2D eigenvalue weighted by Crippen LogP contribution is -2.55. The van der Waals surface area contributed by atoms with Crippen LogP contribution in [0.3, 0.4) is 0 Å². The number of carbonyl (C=O) groups is 3. The van der Waals surface area contributed by atoms with Gasteiger partial charge in [0, 0.05) is 0 Å². The Kier molecular flexibility index (Phi) is 17.0. The van der Waals surface area contributed by atoms with Gasteiger partial charge >= 0.3 is 5.97 Å². The van der Waals surface area contributed by atoms with Crippen molar-refractivity contribution < 1.29 is 39.9 Å². The van der Waals surface area contributed by atoms with Crippen molar-refractivity contribution in [3.05, 3.63) is 12.2 Å². The lowest BCUT2D eigenvalue weighted by atomic mass is 9.71. The van der Waals surface area contributed by atoms with E-state index < -0.39 is 54.8 Å². The number of aliphatic hydroxyl groups is 4. The van der Waals surface area contributed by atoms with Gasteiger partial charge in [-0.3, -0.25) is 14.4 Å². The maximum atomic E-state index is 12.5. The second-order valence-corrected chi connectivity index (χ2v) is 8.32. The lowest BCUT2D eigenvalue weighted by molar-refractivity contribution is -0.168. The summed E-state index contributed by atoms with van der Waals surface area (Å²) in [7, 11) is 0. The average Bonchev–Trinajstić information content (AvgIpc) is 2.79. The van der Waals surface area contributed by atoms with E-state index in [0.29, 0.717) is 6.42 Å². The van der Waals surface area contributed by atoms with Crippen LogP contribution >= 0.6 is 0 Å². The third-order valence-corrected chi connectivity index (χ3v) is 5.72. The van der Waals surface area contributed by atoms with Crippen molar-refractivity contribution in [3.63, 3.8) is 0 Å². The first-order chi connectivity index (χ1) is 15.3. The van der Waals surface area contributed by atoms with Crippen LogP contribution in [0.1, 0.15) is 90.4 Å². The Hall–Kier alpha value is -1.61. The van der Waals surface area contributed by atoms with Crippen LogP contribution in [0.4, 0.5) is 0 Å². The number of Topliss-reactive ketones (excluding diaryl/α,β-unsaturated/α-hetero) is 2. The SMILES string of the molecule is CCCCCCCC/C=C\CCCCCCC(C(=O)O)(C(=O)C(O)CO)C(=O)C(O)CO. The zero-order valence-electron chi connectivity index (χ0n) is 19.4. The fraction of sp³-hybridized carbons (Fsp3) is 0.792. The van der Waals surface area contributed by atoms with E-state index in [9.17, 15) is 29.7 Å². The van der Waals surface area contributed by atoms with Crippen molar-refractivity contribution in [1.82, 2.24) is 0 Å². The Morgan fingerprint density at radius 1 is 0.719 bits per heavy atom. The highest BCUT2D eigenvalue weighted by atomic mass is 16.4. The quantitative estimate of drug-likeness (QED) is 0.0999. The van der Waals surface area contributed by atoms with Gasteiger partial charge in [0.25, 0.3) is 0 Å². The predicted molar refractivity (Wildman–Crippen MR) is 121 cm³/mol. The molecule has 0 aromatic heterocycles. The number of unbranched alkanes of at least 4 members (excludes halogenated alkanes) is 10. The van der Waals surface area contributed by atoms with Crippen molar-refractivity contribution in [2.75, 3.05) is 13.2 Å². The molecular formula is C24H42O8. The van der Waals surface area contributed by atoms with E-state index in [-0.39, 0.29) is 6.42 Å². The van der Waals surface area contributed by atoms with Crippen molar-refractivity contribution >= 4 is 17.5 Å². The minimum absolute atomic E-state index is 0.210. The molecule has 0 radical (unpaired) electrons. The topological polar surface area (TPSA) is 152 Å². The highest BCUT2D eigenvalue weighted by Crippen LogP contribution is 2.31. The van der Waals surface area contributed by atoms with E-state index in [2.05, 4.69) is 19.1 Å². The zero-order valence-corrected chi connectivity index (χ0v) is 19.4. The summed E-state index contributed by atoms with van der Waals surface area (Å²) in [5.41, 5.74) is -2.69. The van der Waals surface area contributed by atoms with Gasteiger partial charge in [0.15, 0.2) is 17.0 Å². The molecule has 0 aromatic rings. The fourth-order valence-corrected chi connectivity index (χ4v) is 3.70. The van der Waals surface area contributed by atoms with Crippen LogP contribution in [0.15, 0.2) is 12.2 Å². The summed E-state index contributed by atoms with van der Waals surface area (Å²) < 4.78 is 0. The maximum absolute atomic E-state index is 12.5. The third-order valence-electron chi connectivity index (χ3n) is 5.72. The standard InChI is InChI=1S/C24H42O8/c1-2-3-4-5-6-7-8-9-10-11-12-13-14-15-16-24(23(31)32,21(29)19(27)17-25)22(30)20(28)18-26/h9-10,19-20,25-28H,2-8,11-18H2,1H3,(H,31,32)/b10-9-. The minimum Gasteiger partial charge on any atom is -0.480 e. The van der Waals surface area contributed by atoms with E-state index in [1.807, 2.05) is 0 Å². The number of allylic oxidation sites excluding steroid dienone is 2. The van der Waals surface area contributed by atoms with Gasteiger partial charge in [0.1, 0.15) is 12.2 Å². The van der Waals surface area contributed by atoms with Gasteiger partial charge in [-0.05, 0) is 32.1 Å². The molecular weight excluding hydrogens is 416 g/mol. The molecule has 0 aliphatic heterocycles. The largest absolute Gasteiger partial charge is 0.480 e. The summed E-state index contributed by atoms with van der Waals surface area (Å²) in [4.78, 5) is 36.8. The maximum Gasteiger partial charge on any atom is 0.325 e. The third kappa shape index (κ3) is 10.3. The first-order valence-electron chi connectivity index (χ1n) is 11.8. The number of aliphatic hydroxyl groups excluding tert-OH is 4. The molecule has 5 N–H and O–H groups in total. The monoisotopic (exact) mass is 458 g/mol. The molecule has 0 aliphatic carbocycles. The van der Waals surface area contributed by atoms with Crippen molar-refractivity contribution in [1.29, 1.82) is 0 Å². The Balaban J connectivity index is 4.52. The van der Waals surface area contributed by atoms with E-state index >= 15 is 0 Å². The second-order valence-electron chi connectivity index (χ2n) is 8.32. The molecule has 0 fully saturated rings. The number of carboxylic acid groups (broad SMARTS) is 1. The molecule has 0 heterocycles. The summed E-state index contributed by atoms with van der Waals surface area (Å²) in [5, 5.41) is 47.0. The van der Waals surface area contributed by atoms with Gasteiger partial charge in [-0.2, -0.15) is 0 Å². The molecule has 0 rings (SSSR count). The van der Waals surface area contributed by atoms with E-state index in [1.54, 1.807) is 0 Å². The van der Waals surface area contributed by atoms with Crippen LogP contribution < -0.4 is 0 Å². The van der Waals surface area contributed by atoms with Gasteiger partial charge in [-0.25, -0.2) is 0 Å². The van der Waals surface area contributed by atoms with Crippen molar-refractivity contribution in [3.8, 4) is 0 Å². The van der Waals surface area contributed by atoms with Gasteiger partial charge in [-0.1, -0.05) is 70.4 Å². The van der Waals surface area contributed by atoms with Crippen molar-refractivity contribution in [2.45, 2.75) is 103 Å². The fourth-order valence-electron chi connectivity index (χ4n) is 3.70. The molecule has 0 bridgehead atoms. The van der Waals surface area contributed by atoms with Crippen LogP contribution in [0, 0.1) is 5.41 Å². The normalized spacial score (nSPS) is 15.4. The summed E-state index contributed by atoms with van der Waals surface area (Å²) in [6.45, 7) is 0.122. The predicted octanol–water partition coefficient (Wildman–Crippen LogP) is 2.55. The summed E-state index contributed by atoms with van der Waals surface area (Å²) >= 11 is 0.